The number of nitrogens with zero attached hydrogens (tertiary/aromatic N) is 2. The highest BCUT2D eigenvalue weighted by Gasteiger charge is 2.35. The molecule has 146 valence electrons. The van der Waals surface area contributed by atoms with Gasteiger partial charge in [-0.05, 0) is 30.4 Å². The highest BCUT2D eigenvalue weighted by Crippen LogP contribution is 2.33. The van der Waals surface area contributed by atoms with Crippen LogP contribution in [0, 0.1) is 5.92 Å². The average Bonchev–Trinajstić information content (AvgIpc) is 3.23. The SMILES string of the molecule is CC(=O)N1CCc2ccccc2C1CC(=O)N1CCC(C2OCCO2)CC1. The lowest BCUT2D eigenvalue weighted by Gasteiger charge is -2.39. The van der Waals surface area contributed by atoms with Crippen LogP contribution in [-0.4, -0.2) is 60.8 Å². The zero-order valence-corrected chi connectivity index (χ0v) is 15.9. The molecular weight excluding hydrogens is 344 g/mol. The van der Waals surface area contributed by atoms with E-state index in [9.17, 15) is 9.59 Å². The van der Waals surface area contributed by atoms with Gasteiger partial charge in [0.2, 0.25) is 11.8 Å². The summed E-state index contributed by atoms with van der Waals surface area (Å²) in [4.78, 5) is 28.9. The molecular formula is C21H28N2O4. The van der Waals surface area contributed by atoms with E-state index >= 15 is 0 Å². The summed E-state index contributed by atoms with van der Waals surface area (Å²) in [6, 6.07) is 8.03. The van der Waals surface area contributed by atoms with Gasteiger partial charge in [0, 0.05) is 32.5 Å². The van der Waals surface area contributed by atoms with Crippen LogP contribution in [0.5, 0.6) is 0 Å². The van der Waals surface area contributed by atoms with Crippen LogP contribution in [0.1, 0.15) is 43.4 Å². The molecule has 2 amide bonds. The first kappa shape index (κ1) is 18.4. The van der Waals surface area contributed by atoms with Crippen molar-refractivity contribution in [1.29, 1.82) is 0 Å². The van der Waals surface area contributed by atoms with E-state index in [-0.39, 0.29) is 24.1 Å². The van der Waals surface area contributed by atoms with E-state index in [0.717, 1.165) is 37.9 Å². The highest BCUT2D eigenvalue weighted by atomic mass is 16.7. The van der Waals surface area contributed by atoms with Crippen molar-refractivity contribution in [2.45, 2.75) is 44.9 Å². The molecule has 27 heavy (non-hydrogen) atoms. The molecule has 0 aromatic heterocycles. The number of hydrogen-bond acceptors (Lipinski definition) is 4. The zero-order valence-electron chi connectivity index (χ0n) is 15.9. The van der Waals surface area contributed by atoms with Crippen LogP contribution >= 0.6 is 0 Å². The van der Waals surface area contributed by atoms with Crippen molar-refractivity contribution in [3.8, 4) is 0 Å². The minimum absolute atomic E-state index is 0.0385. The minimum atomic E-state index is -0.154. The second-order valence-corrected chi connectivity index (χ2v) is 7.71. The molecule has 1 atom stereocenters. The van der Waals surface area contributed by atoms with Gasteiger partial charge in [-0.15, -0.1) is 0 Å². The summed E-state index contributed by atoms with van der Waals surface area (Å²) in [6.45, 7) is 5.10. The number of amides is 2. The van der Waals surface area contributed by atoms with E-state index in [1.54, 1.807) is 6.92 Å². The Balaban J connectivity index is 1.41. The van der Waals surface area contributed by atoms with Crippen LogP contribution in [-0.2, 0) is 25.5 Å². The van der Waals surface area contributed by atoms with Gasteiger partial charge in [-0.25, -0.2) is 0 Å². The summed E-state index contributed by atoms with van der Waals surface area (Å²) in [5, 5.41) is 0. The van der Waals surface area contributed by atoms with E-state index in [4.69, 9.17) is 9.47 Å². The summed E-state index contributed by atoms with van der Waals surface area (Å²) in [6.07, 6.45) is 2.94. The first-order valence-corrected chi connectivity index (χ1v) is 9.99. The minimum Gasteiger partial charge on any atom is -0.350 e. The molecule has 0 spiro atoms. The molecule has 3 heterocycles. The zero-order chi connectivity index (χ0) is 18.8. The molecule has 6 nitrogen and oxygen atoms in total. The smallest absolute Gasteiger partial charge is 0.224 e. The Labute approximate surface area is 160 Å². The van der Waals surface area contributed by atoms with Crippen molar-refractivity contribution in [3.05, 3.63) is 35.4 Å². The Morgan fingerprint density at radius 3 is 2.48 bits per heavy atom. The molecule has 3 aliphatic rings. The van der Waals surface area contributed by atoms with Gasteiger partial charge in [0.25, 0.3) is 0 Å². The molecule has 0 radical (unpaired) electrons. The number of rotatable bonds is 3. The number of carbonyl (C=O) groups excluding carboxylic acids is 2. The molecule has 0 bridgehead atoms. The fourth-order valence-electron chi connectivity index (χ4n) is 4.61. The largest absolute Gasteiger partial charge is 0.350 e. The van der Waals surface area contributed by atoms with Gasteiger partial charge < -0.3 is 19.3 Å². The first-order valence-electron chi connectivity index (χ1n) is 9.99. The quantitative estimate of drug-likeness (QED) is 0.816. The third kappa shape index (κ3) is 3.87. The van der Waals surface area contributed by atoms with E-state index in [1.165, 1.54) is 5.56 Å². The van der Waals surface area contributed by atoms with Crippen LogP contribution in [0.4, 0.5) is 0 Å². The fourth-order valence-corrected chi connectivity index (χ4v) is 4.61. The second-order valence-electron chi connectivity index (χ2n) is 7.71. The number of benzene rings is 1. The first-order chi connectivity index (χ1) is 13.1. The van der Waals surface area contributed by atoms with Crippen LogP contribution in [0.15, 0.2) is 24.3 Å². The lowest BCUT2D eigenvalue weighted by Crippen LogP contribution is -2.45. The maximum atomic E-state index is 13.0. The number of carbonyl (C=O) groups is 2. The molecule has 2 saturated heterocycles. The van der Waals surface area contributed by atoms with Crippen LogP contribution < -0.4 is 0 Å². The standard InChI is InChI=1S/C21H28N2O4/c1-15(24)23-11-8-16-4-2-3-5-18(16)19(23)14-20(25)22-9-6-17(7-10-22)21-26-12-13-27-21/h2-5,17,19,21H,6-14H2,1H3. The van der Waals surface area contributed by atoms with Gasteiger partial charge in [0.1, 0.15) is 0 Å². The van der Waals surface area contributed by atoms with Gasteiger partial charge in [0.05, 0.1) is 25.7 Å². The fraction of sp³-hybridized carbons (Fsp3) is 0.619. The number of piperidine rings is 1. The van der Waals surface area contributed by atoms with Crippen molar-refractivity contribution in [2.75, 3.05) is 32.8 Å². The van der Waals surface area contributed by atoms with E-state index in [2.05, 4.69) is 12.1 Å². The molecule has 1 unspecified atom stereocenters. The molecule has 1 aromatic rings. The van der Waals surface area contributed by atoms with Gasteiger partial charge >= 0.3 is 0 Å². The van der Waals surface area contributed by atoms with Crippen molar-refractivity contribution in [2.24, 2.45) is 5.92 Å². The van der Waals surface area contributed by atoms with Crippen LogP contribution in [0.3, 0.4) is 0 Å². The van der Waals surface area contributed by atoms with Crippen molar-refractivity contribution in [1.82, 2.24) is 9.80 Å². The second kappa shape index (κ2) is 7.98. The highest BCUT2D eigenvalue weighted by molar-refractivity contribution is 5.80. The predicted molar refractivity (Wildman–Crippen MR) is 99.9 cm³/mol. The summed E-state index contributed by atoms with van der Waals surface area (Å²) in [5.41, 5.74) is 2.37. The molecule has 0 N–H and O–H groups in total. The Morgan fingerprint density at radius 2 is 1.78 bits per heavy atom. The summed E-state index contributed by atoms with van der Waals surface area (Å²) < 4.78 is 11.2. The number of fused-ring (bicyclic) bond motifs is 1. The Hall–Kier alpha value is -1.92. The normalized spacial score (nSPS) is 24.1. The lowest BCUT2D eigenvalue weighted by molar-refractivity contribution is -0.140. The summed E-state index contributed by atoms with van der Waals surface area (Å²) >= 11 is 0. The Bertz CT molecular complexity index is 693. The molecule has 1 aromatic carbocycles. The topological polar surface area (TPSA) is 59.1 Å². The van der Waals surface area contributed by atoms with Crippen LogP contribution in [0.2, 0.25) is 0 Å². The Kier molecular flexibility index (Phi) is 5.45. The molecule has 6 heteroatoms. The van der Waals surface area contributed by atoms with Crippen molar-refractivity contribution >= 4 is 11.8 Å². The van der Waals surface area contributed by atoms with E-state index in [1.807, 2.05) is 21.9 Å². The van der Waals surface area contributed by atoms with Gasteiger partial charge in [-0.3, -0.25) is 9.59 Å². The average molecular weight is 372 g/mol. The number of hydrogen-bond donors (Lipinski definition) is 0. The molecule has 0 aliphatic carbocycles. The predicted octanol–water partition coefficient (Wildman–Crippen LogP) is 2.13. The van der Waals surface area contributed by atoms with Crippen molar-refractivity contribution < 1.29 is 19.1 Å². The molecule has 4 rings (SSSR count). The number of likely N-dealkylation sites (tertiary alicyclic amines) is 1. The monoisotopic (exact) mass is 372 g/mol. The maximum Gasteiger partial charge on any atom is 0.224 e. The molecule has 2 fully saturated rings. The van der Waals surface area contributed by atoms with E-state index in [0.29, 0.717) is 32.1 Å². The maximum absolute atomic E-state index is 13.0. The lowest BCUT2D eigenvalue weighted by atomic mass is 9.89. The van der Waals surface area contributed by atoms with Gasteiger partial charge in [-0.1, -0.05) is 24.3 Å². The summed E-state index contributed by atoms with van der Waals surface area (Å²) in [7, 11) is 0. The van der Waals surface area contributed by atoms with Gasteiger partial charge in [0.15, 0.2) is 6.29 Å². The third-order valence-corrected chi connectivity index (χ3v) is 6.11. The van der Waals surface area contributed by atoms with Crippen LogP contribution in [0.25, 0.3) is 0 Å². The molecule has 0 saturated carbocycles. The Morgan fingerprint density at radius 1 is 1.07 bits per heavy atom. The molecule has 3 aliphatic heterocycles. The van der Waals surface area contributed by atoms with E-state index < -0.39 is 0 Å². The third-order valence-electron chi connectivity index (χ3n) is 6.11. The van der Waals surface area contributed by atoms with Gasteiger partial charge in [-0.2, -0.15) is 0 Å². The number of ether oxygens (including phenoxy) is 2. The van der Waals surface area contributed by atoms with Crippen molar-refractivity contribution in [3.63, 3.8) is 0 Å². The summed E-state index contributed by atoms with van der Waals surface area (Å²) in [5.74, 6) is 0.548.